The zero-order valence-corrected chi connectivity index (χ0v) is 20.9. The van der Waals surface area contributed by atoms with E-state index in [1.807, 2.05) is 50.2 Å². The Labute approximate surface area is 207 Å². The van der Waals surface area contributed by atoms with Crippen LogP contribution < -0.4 is 14.8 Å². The second-order valence-corrected chi connectivity index (χ2v) is 8.91. The van der Waals surface area contributed by atoms with Crippen molar-refractivity contribution in [2.24, 2.45) is 0 Å². The second-order valence-electron chi connectivity index (χ2n) is 8.91. The van der Waals surface area contributed by atoms with Crippen LogP contribution in [0.15, 0.2) is 71.1 Å². The first-order valence-electron chi connectivity index (χ1n) is 12.2. The third kappa shape index (κ3) is 4.97. The van der Waals surface area contributed by atoms with E-state index >= 15 is 0 Å². The minimum atomic E-state index is -0.538. The fraction of sp³-hybridized carbons (Fsp3) is 0.379. The van der Waals surface area contributed by atoms with E-state index in [9.17, 15) is 9.59 Å². The number of ketones is 1. The summed E-state index contributed by atoms with van der Waals surface area (Å²) in [6, 6.07) is 15.7. The van der Waals surface area contributed by atoms with E-state index in [0.29, 0.717) is 47.8 Å². The molecular formula is C29H33NO5. The molecular weight excluding hydrogens is 442 g/mol. The second kappa shape index (κ2) is 10.8. The van der Waals surface area contributed by atoms with Gasteiger partial charge >= 0.3 is 5.97 Å². The molecule has 2 aromatic rings. The first-order valence-corrected chi connectivity index (χ1v) is 12.2. The maximum absolute atomic E-state index is 13.7. The third-order valence-electron chi connectivity index (χ3n) is 6.58. The molecule has 6 heteroatoms. The van der Waals surface area contributed by atoms with E-state index in [1.165, 1.54) is 0 Å². The van der Waals surface area contributed by atoms with Crippen molar-refractivity contribution in [1.82, 2.24) is 5.32 Å². The molecule has 1 heterocycles. The van der Waals surface area contributed by atoms with Gasteiger partial charge in [-0.1, -0.05) is 43.3 Å². The number of ether oxygens (including phenoxy) is 3. The molecule has 0 aromatic heterocycles. The summed E-state index contributed by atoms with van der Waals surface area (Å²) < 4.78 is 16.8. The average Bonchev–Trinajstić information content (AvgIpc) is 2.87. The third-order valence-corrected chi connectivity index (χ3v) is 6.58. The van der Waals surface area contributed by atoms with E-state index in [1.54, 1.807) is 14.0 Å². The summed E-state index contributed by atoms with van der Waals surface area (Å²) >= 11 is 0. The number of carbonyl (C=O) groups is 2. The van der Waals surface area contributed by atoms with Gasteiger partial charge in [-0.05, 0) is 55.9 Å². The van der Waals surface area contributed by atoms with Crippen molar-refractivity contribution < 1.29 is 23.8 Å². The van der Waals surface area contributed by atoms with Gasteiger partial charge in [0.2, 0.25) is 0 Å². The summed E-state index contributed by atoms with van der Waals surface area (Å²) in [7, 11) is 1.59. The summed E-state index contributed by atoms with van der Waals surface area (Å²) in [5.41, 5.74) is 4.61. The van der Waals surface area contributed by atoms with Gasteiger partial charge in [0.05, 0.1) is 25.9 Å². The zero-order chi connectivity index (χ0) is 24.9. The van der Waals surface area contributed by atoms with Crippen molar-refractivity contribution in [3.8, 4) is 11.5 Å². The minimum Gasteiger partial charge on any atom is -0.493 e. The topological polar surface area (TPSA) is 73.9 Å². The molecule has 1 aliphatic heterocycles. The molecule has 0 saturated heterocycles. The number of carbonyl (C=O) groups excluding carboxylic acids is 2. The zero-order valence-electron chi connectivity index (χ0n) is 20.9. The molecule has 0 fully saturated rings. The summed E-state index contributed by atoms with van der Waals surface area (Å²) in [5.74, 6) is 0.381. The molecule has 0 saturated carbocycles. The number of hydrogen-bond donors (Lipinski definition) is 1. The summed E-state index contributed by atoms with van der Waals surface area (Å²) in [6.45, 7) is 6.52. The largest absolute Gasteiger partial charge is 0.493 e. The number of dihydropyridines is 1. The summed E-state index contributed by atoms with van der Waals surface area (Å²) in [6.07, 6.45) is 1.97. The summed E-state index contributed by atoms with van der Waals surface area (Å²) in [4.78, 5) is 26.8. The Morgan fingerprint density at radius 3 is 2.49 bits per heavy atom. The van der Waals surface area contributed by atoms with Crippen LogP contribution in [0, 0.1) is 0 Å². The van der Waals surface area contributed by atoms with Crippen LogP contribution in [0.5, 0.6) is 11.5 Å². The van der Waals surface area contributed by atoms with Gasteiger partial charge in [-0.3, -0.25) is 4.79 Å². The maximum atomic E-state index is 13.7. The van der Waals surface area contributed by atoms with Gasteiger partial charge in [-0.2, -0.15) is 0 Å². The fourth-order valence-electron chi connectivity index (χ4n) is 5.01. The molecule has 2 aliphatic rings. The molecule has 4 rings (SSSR count). The van der Waals surface area contributed by atoms with Crippen LogP contribution in [-0.2, 0) is 14.3 Å². The van der Waals surface area contributed by atoms with Crippen molar-refractivity contribution in [3.05, 3.63) is 82.2 Å². The van der Waals surface area contributed by atoms with Crippen LogP contribution in [0.1, 0.15) is 63.0 Å². The van der Waals surface area contributed by atoms with Gasteiger partial charge in [0.25, 0.3) is 0 Å². The van der Waals surface area contributed by atoms with Crippen LogP contribution in [0.3, 0.4) is 0 Å². The molecule has 35 heavy (non-hydrogen) atoms. The van der Waals surface area contributed by atoms with E-state index < -0.39 is 11.9 Å². The first kappa shape index (κ1) is 24.6. The lowest BCUT2D eigenvalue weighted by atomic mass is 9.71. The van der Waals surface area contributed by atoms with Gasteiger partial charge in [-0.25, -0.2) is 4.79 Å². The van der Waals surface area contributed by atoms with Crippen molar-refractivity contribution in [1.29, 1.82) is 0 Å². The monoisotopic (exact) mass is 475 g/mol. The van der Waals surface area contributed by atoms with E-state index in [-0.39, 0.29) is 18.3 Å². The lowest BCUT2D eigenvalue weighted by Crippen LogP contribution is -2.36. The molecule has 0 spiro atoms. The number of esters is 1. The molecule has 2 atom stereocenters. The molecule has 0 amide bonds. The summed E-state index contributed by atoms with van der Waals surface area (Å²) in [5, 5.41) is 3.39. The number of nitrogens with one attached hydrogen (secondary N) is 1. The van der Waals surface area contributed by atoms with Crippen LogP contribution in [0.2, 0.25) is 0 Å². The number of allylic oxidation sites excluding steroid dienone is 3. The molecule has 6 nitrogen and oxygen atoms in total. The highest BCUT2D eigenvalue weighted by Crippen LogP contribution is 2.47. The molecule has 1 N–H and O–H groups in total. The average molecular weight is 476 g/mol. The molecule has 0 radical (unpaired) electrons. The highest BCUT2D eigenvalue weighted by Gasteiger charge is 2.41. The van der Waals surface area contributed by atoms with Gasteiger partial charge < -0.3 is 19.5 Å². The molecule has 184 valence electrons. The lowest BCUT2D eigenvalue weighted by molar-refractivity contribution is -0.138. The number of rotatable bonds is 8. The quantitative estimate of drug-likeness (QED) is 0.515. The number of hydrogen-bond acceptors (Lipinski definition) is 6. The SMILES string of the molecule is CCCOc1ccc([C@@H]2C(C(=O)OCC)=C(C)NC3=C2C(=O)C[C@H](c2ccccc2)C3)cc1OC. The number of benzene rings is 2. The maximum Gasteiger partial charge on any atom is 0.336 e. The number of methoxy groups -OCH3 is 1. The normalized spacial score (nSPS) is 19.7. The first-order chi connectivity index (χ1) is 17.0. The Morgan fingerprint density at radius 1 is 1.03 bits per heavy atom. The predicted molar refractivity (Wildman–Crippen MR) is 134 cm³/mol. The van der Waals surface area contributed by atoms with Crippen LogP contribution in [0.25, 0.3) is 0 Å². The van der Waals surface area contributed by atoms with Crippen molar-refractivity contribution in [2.45, 2.75) is 51.9 Å². The minimum absolute atomic E-state index is 0.0391. The Morgan fingerprint density at radius 2 is 1.80 bits per heavy atom. The Bertz CT molecular complexity index is 1160. The molecule has 0 bridgehead atoms. The lowest BCUT2D eigenvalue weighted by Gasteiger charge is -2.36. The Hall–Kier alpha value is -3.54. The molecule has 2 aromatic carbocycles. The van der Waals surface area contributed by atoms with E-state index in [0.717, 1.165) is 23.2 Å². The molecule has 1 aliphatic carbocycles. The smallest absolute Gasteiger partial charge is 0.336 e. The highest BCUT2D eigenvalue weighted by molar-refractivity contribution is 6.04. The highest BCUT2D eigenvalue weighted by atomic mass is 16.5. The van der Waals surface area contributed by atoms with Crippen molar-refractivity contribution in [2.75, 3.05) is 20.3 Å². The van der Waals surface area contributed by atoms with E-state index in [2.05, 4.69) is 17.4 Å². The Kier molecular flexibility index (Phi) is 7.59. The van der Waals surface area contributed by atoms with Gasteiger partial charge in [0, 0.05) is 29.3 Å². The predicted octanol–water partition coefficient (Wildman–Crippen LogP) is 5.41. The van der Waals surface area contributed by atoms with Crippen LogP contribution >= 0.6 is 0 Å². The van der Waals surface area contributed by atoms with Crippen LogP contribution in [-0.4, -0.2) is 32.1 Å². The van der Waals surface area contributed by atoms with Gasteiger partial charge in [0.1, 0.15) is 0 Å². The van der Waals surface area contributed by atoms with Crippen molar-refractivity contribution in [3.63, 3.8) is 0 Å². The van der Waals surface area contributed by atoms with Gasteiger partial charge in [0.15, 0.2) is 17.3 Å². The fourth-order valence-corrected chi connectivity index (χ4v) is 5.01. The van der Waals surface area contributed by atoms with Gasteiger partial charge in [-0.15, -0.1) is 0 Å². The number of Topliss-reactive ketones (excluding diaryl/α,β-unsaturated/α-hetero) is 1. The van der Waals surface area contributed by atoms with Crippen LogP contribution in [0.4, 0.5) is 0 Å². The Balaban J connectivity index is 1.80. The standard InChI is InChI=1S/C29H33NO5/c1-5-14-35-24-13-12-20(17-25(24)33-4)27-26(29(32)34-6-2)18(3)30-22-15-21(16-23(31)28(22)27)19-10-8-7-9-11-19/h7-13,17,21,27,30H,5-6,14-16H2,1-4H3/t21-,27-/m1/s1. The molecule has 0 unspecified atom stereocenters. The van der Waals surface area contributed by atoms with Crippen molar-refractivity contribution >= 4 is 11.8 Å². The van der Waals surface area contributed by atoms with E-state index in [4.69, 9.17) is 14.2 Å².